The van der Waals surface area contributed by atoms with Gasteiger partial charge in [0.1, 0.15) is 0 Å². The molecule has 2 rings (SSSR count). The van der Waals surface area contributed by atoms with Crippen molar-refractivity contribution in [3.05, 3.63) is 53.6 Å². The minimum absolute atomic E-state index is 0.0419. The molecule has 0 fully saturated rings. The van der Waals surface area contributed by atoms with Crippen LogP contribution in [0, 0.1) is 0 Å². The minimum atomic E-state index is 0.0419. The summed E-state index contributed by atoms with van der Waals surface area (Å²) >= 11 is 0. The molecule has 0 aliphatic heterocycles. The van der Waals surface area contributed by atoms with Crippen LogP contribution < -0.4 is 10.5 Å². The van der Waals surface area contributed by atoms with E-state index in [1.54, 1.807) is 30.1 Å². The first-order chi connectivity index (χ1) is 11.0. The topological polar surface area (TPSA) is 75.8 Å². The Hall–Kier alpha value is -2.69. The molecular formula is C18H22N2O3. The third kappa shape index (κ3) is 4.39. The molecule has 0 aliphatic carbocycles. The molecule has 0 aromatic heterocycles. The number of para-hydroxylation sites is 1. The summed E-state index contributed by atoms with van der Waals surface area (Å²) in [6.07, 6.45) is 1.02. The van der Waals surface area contributed by atoms with Crippen LogP contribution in [-0.2, 0) is 17.8 Å². The van der Waals surface area contributed by atoms with Crippen molar-refractivity contribution < 1.29 is 14.6 Å². The Kier molecular flexibility index (Phi) is 5.46. The van der Waals surface area contributed by atoms with Gasteiger partial charge in [0, 0.05) is 25.7 Å². The molecule has 5 heteroatoms. The van der Waals surface area contributed by atoms with Crippen LogP contribution in [0.15, 0.2) is 42.5 Å². The Labute approximate surface area is 136 Å². The molecule has 2 aromatic rings. The number of aryl methyl sites for hydroxylation is 1. The van der Waals surface area contributed by atoms with Crippen LogP contribution in [0.2, 0.25) is 0 Å². The van der Waals surface area contributed by atoms with E-state index in [0.717, 1.165) is 11.1 Å². The van der Waals surface area contributed by atoms with Gasteiger partial charge in [-0.1, -0.05) is 24.3 Å². The highest BCUT2D eigenvalue weighted by atomic mass is 16.5. The Morgan fingerprint density at radius 3 is 2.70 bits per heavy atom. The van der Waals surface area contributed by atoms with E-state index in [1.165, 1.54) is 7.11 Å². The summed E-state index contributed by atoms with van der Waals surface area (Å²) in [5.74, 6) is 0.533. The van der Waals surface area contributed by atoms with E-state index in [4.69, 9.17) is 10.5 Å². The fourth-order valence-corrected chi connectivity index (χ4v) is 2.38. The Morgan fingerprint density at radius 1 is 1.26 bits per heavy atom. The number of anilines is 1. The molecule has 0 bridgehead atoms. The number of carbonyl (C=O) groups excluding carboxylic acids is 1. The largest absolute Gasteiger partial charge is 0.504 e. The number of ether oxygens (including phenoxy) is 1. The van der Waals surface area contributed by atoms with Crippen molar-refractivity contribution in [2.75, 3.05) is 19.9 Å². The van der Waals surface area contributed by atoms with Crippen molar-refractivity contribution in [1.29, 1.82) is 0 Å². The Bertz CT molecular complexity index is 686. The molecule has 0 atom stereocenters. The van der Waals surface area contributed by atoms with Crippen LogP contribution in [0.3, 0.4) is 0 Å². The van der Waals surface area contributed by atoms with Gasteiger partial charge < -0.3 is 20.5 Å². The van der Waals surface area contributed by atoms with Gasteiger partial charge in [-0.25, -0.2) is 0 Å². The lowest BCUT2D eigenvalue weighted by Gasteiger charge is -2.18. The van der Waals surface area contributed by atoms with Crippen molar-refractivity contribution >= 4 is 11.6 Å². The van der Waals surface area contributed by atoms with Gasteiger partial charge in [0.05, 0.1) is 7.11 Å². The number of methoxy groups -OCH3 is 1. The number of nitrogen functional groups attached to an aromatic ring is 1. The van der Waals surface area contributed by atoms with Crippen molar-refractivity contribution in [2.45, 2.75) is 19.4 Å². The lowest BCUT2D eigenvalue weighted by Crippen LogP contribution is -2.26. The van der Waals surface area contributed by atoms with Crippen LogP contribution in [0.1, 0.15) is 17.5 Å². The first-order valence-corrected chi connectivity index (χ1v) is 7.44. The molecule has 0 saturated heterocycles. The predicted octanol–water partition coefficient (Wildman–Crippen LogP) is 2.57. The zero-order chi connectivity index (χ0) is 16.8. The number of phenolic OH excluding ortho intramolecular Hbond substituents is 1. The standard InChI is InChI=1S/C18H22N2O3/c1-20(12-13-7-9-16(21)17(11-13)23-2)18(22)10-8-14-5-3-4-6-15(14)19/h3-7,9,11,21H,8,10,12,19H2,1-2H3. The number of aromatic hydroxyl groups is 1. The molecule has 0 aliphatic rings. The van der Waals surface area contributed by atoms with E-state index >= 15 is 0 Å². The molecule has 0 saturated carbocycles. The second-order valence-corrected chi connectivity index (χ2v) is 5.45. The molecule has 3 N–H and O–H groups in total. The van der Waals surface area contributed by atoms with E-state index in [0.29, 0.717) is 30.8 Å². The van der Waals surface area contributed by atoms with Crippen LogP contribution in [0.25, 0.3) is 0 Å². The molecule has 23 heavy (non-hydrogen) atoms. The highest BCUT2D eigenvalue weighted by Gasteiger charge is 2.11. The molecular weight excluding hydrogens is 292 g/mol. The number of amides is 1. The normalized spacial score (nSPS) is 10.3. The maximum Gasteiger partial charge on any atom is 0.222 e. The molecule has 0 heterocycles. The summed E-state index contributed by atoms with van der Waals surface area (Å²) in [7, 11) is 3.26. The second kappa shape index (κ2) is 7.54. The summed E-state index contributed by atoms with van der Waals surface area (Å²) in [5, 5.41) is 9.60. The van der Waals surface area contributed by atoms with Gasteiger partial charge in [-0.3, -0.25) is 4.79 Å². The van der Waals surface area contributed by atoms with Crippen LogP contribution in [0.4, 0.5) is 5.69 Å². The summed E-state index contributed by atoms with van der Waals surface area (Å²) < 4.78 is 5.08. The molecule has 0 radical (unpaired) electrons. The monoisotopic (exact) mass is 314 g/mol. The van der Waals surface area contributed by atoms with E-state index in [-0.39, 0.29) is 11.7 Å². The van der Waals surface area contributed by atoms with Crippen LogP contribution >= 0.6 is 0 Å². The summed E-state index contributed by atoms with van der Waals surface area (Å²) in [4.78, 5) is 13.9. The first-order valence-electron chi connectivity index (χ1n) is 7.44. The van der Waals surface area contributed by atoms with Crippen LogP contribution in [-0.4, -0.2) is 30.1 Å². The van der Waals surface area contributed by atoms with Gasteiger partial charge in [0.2, 0.25) is 5.91 Å². The van der Waals surface area contributed by atoms with Gasteiger partial charge in [-0.05, 0) is 35.7 Å². The average Bonchev–Trinajstić information content (AvgIpc) is 2.55. The maximum absolute atomic E-state index is 12.3. The average molecular weight is 314 g/mol. The summed E-state index contributed by atoms with van der Waals surface area (Å²) in [6, 6.07) is 12.6. The molecule has 1 amide bonds. The SMILES string of the molecule is COc1cc(CN(C)C(=O)CCc2ccccc2N)ccc1O. The van der Waals surface area contributed by atoms with Crippen molar-refractivity contribution in [3.8, 4) is 11.5 Å². The number of hydrogen-bond acceptors (Lipinski definition) is 4. The second-order valence-electron chi connectivity index (χ2n) is 5.45. The fraction of sp³-hybridized carbons (Fsp3) is 0.278. The van der Waals surface area contributed by atoms with E-state index in [9.17, 15) is 9.90 Å². The van der Waals surface area contributed by atoms with Crippen molar-refractivity contribution in [3.63, 3.8) is 0 Å². The lowest BCUT2D eigenvalue weighted by molar-refractivity contribution is -0.130. The van der Waals surface area contributed by atoms with Gasteiger partial charge in [-0.15, -0.1) is 0 Å². The first kappa shape index (κ1) is 16.7. The molecule has 5 nitrogen and oxygen atoms in total. The van der Waals surface area contributed by atoms with Crippen molar-refractivity contribution in [1.82, 2.24) is 4.90 Å². The highest BCUT2D eigenvalue weighted by Crippen LogP contribution is 2.26. The zero-order valence-corrected chi connectivity index (χ0v) is 13.5. The highest BCUT2D eigenvalue weighted by molar-refractivity contribution is 5.76. The van der Waals surface area contributed by atoms with E-state index < -0.39 is 0 Å². The van der Waals surface area contributed by atoms with E-state index in [2.05, 4.69) is 0 Å². The number of benzene rings is 2. The fourth-order valence-electron chi connectivity index (χ4n) is 2.38. The molecule has 122 valence electrons. The van der Waals surface area contributed by atoms with E-state index in [1.807, 2.05) is 24.3 Å². The summed E-state index contributed by atoms with van der Waals surface area (Å²) in [5.41, 5.74) is 8.49. The molecule has 0 spiro atoms. The van der Waals surface area contributed by atoms with Gasteiger partial charge in [-0.2, -0.15) is 0 Å². The number of rotatable bonds is 6. The number of phenols is 1. The Morgan fingerprint density at radius 2 is 2.00 bits per heavy atom. The third-order valence-electron chi connectivity index (χ3n) is 3.75. The van der Waals surface area contributed by atoms with Crippen molar-refractivity contribution in [2.24, 2.45) is 0 Å². The van der Waals surface area contributed by atoms with Gasteiger partial charge in [0.25, 0.3) is 0 Å². The zero-order valence-electron chi connectivity index (χ0n) is 13.5. The maximum atomic E-state index is 12.3. The molecule has 0 unspecified atom stereocenters. The third-order valence-corrected chi connectivity index (χ3v) is 3.75. The lowest BCUT2D eigenvalue weighted by atomic mass is 10.1. The number of nitrogens with two attached hydrogens (primary N) is 1. The summed E-state index contributed by atoms with van der Waals surface area (Å²) in [6.45, 7) is 0.458. The van der Waals surface area contributed by atoms with Gasteiger partial charge in [0.15, 0.2) is 11.5 Å². The quantitative estimate of drug-likeness (QED) is 0.804. The van der Waals surface area contributed by atoms with Gasteiger partial charge >= 0.3 is 0 Å². The predicted molar refractivity (Wildman–Crippen MR) is 90.3 cm³/mol. The van der Waals surface area contributed by atoms with Crippen LogP contribution in [0.5, 0.6) is 11.5 Å². The number of nitrogens with zero attached hydrogens (tertiary/aromatic N) is 1. The minimum Gasteiger partial charge on any atom is -0.504 e. The number of hydrogen-bond donors (Lipinski definition) is 2. The number of carbonyl (C=O) groups is 1. The molecule has 2 aromatic carbocycles. The Balaban J connectivity index is 1.94. The smallest absolute Gasteiger partial charge is 0.222 e.